The van der Waals surface area contributed by atoms with Gasteiger partial charge in [0.2, 0.25) is 0 Å². The van der Waals surface area contributed by atoms with Crippen molar-refractivity contribution in [2.24, 2.45) is 0 Å². The van der Waals surface area contributed by atoms with E-state index in [9.17, 15) is 21.6 Å². The van der Waals surface area contributed by atoms with Gasteiger partial charge in [-0.15, -0.1) is 0 Å². The molecule has 1 aliphatic rings. The summed E-state index contributed by atoms with van der Waals surface area (Å²) in [6, 6.07) is 19.5. The van der Waals surface area contributed by atoms with Crippen LogP contribution in [0.15, 0.2) is 60.7 Å². The Morgan fingerprint density at radius 2 is 1.47 bits per heavy atom. The molecule has 10 heteroatoms. The van der Waals surface area contributed by atoms with E-state index in [0.717, 1.165) is 11.1 Å². The minimum Gasteiger partial charge on any atom is -0.363 e. The van der Waals surface area contributed by atoms with Gasteiger partial charge in [-0.1, -0.05) is 60.7 Å². The second-order valence-corrected chi connectivity index (χ2v) is 9.79. The highest BCUT2D eigenvalue weighted by molar-refractivity contribution is 7.80. The van der Waals surface area contributed by atoms with Crippen molar-refractivity contribution in [3.63, 3.8) is 0 Å². The molecule has 34 heavy (non-hydrogen) atoms. The number of halogens is 3. The van der Waals surface area contributed by atoms with Gasteiger partial charge < -0.3 is 4.74 Å². The number of rotatable bonds is 10. The summed E-state index contributed by atoms with van der Waals surface area (Å²) in [7, 11) is -4.78. The third-order valence-electron chi connectivity index (χ3n) is 6.13. The van der Waals surface area contributed by atoms with E-state index in [4.69, 9.17) is 9.29 Å². The molecular formula is C24H30F3NO5S. The molecule has 0 heterocycles. The fourth-order valence-electron chi connectivity index (χ4n) is 4.41. The van der Waals surface area contributed by atoms with Gasteiger partial charge in [0.05, 0.1) is 12.7 Å². The predicted molar refractivity (Wildman–Crippen MR) is 121 cm³/mol. The molecule has 0 saturated heterocycles. The van der Waals surface area contributed by atoms with Crippen LogP contribution in [-0.2, 0) is 32.4 Å². The van der Waals surface area contributed by atoms with Gasteiger partial charge in [0.25, 0.3) is 0 Å². The molecule has 1 fully saturated rings. The van der Waals surface area contributed by atoms with Crippen LogP contribution in [0.5, 0.6) is 0 Å². The first kappa shape index (κ1) is 26.6. The third kappa shape index (κ3) is 7.51. The topological polar surface area (TPSA) is 76.1 Å². The molecule has 2 aromatic rings. The summed E-state index contributed by atoms with van der Waals surface area (Å²) in [5, 5.41) is 0. The maximum atomic E-state index is 14.1. The summed E-state index contributed by atoms with van der Waals surface area (Å²) < 4.78 is 82.2. The van der Waals surface area contributed by atoms with Crippen molar-refractivity contribution in [2.45, 2.75) is 69.6 Å². The van der Waals surface area contributed by atoms with Crippen LogP contribution in [0.2, 0.25) is 0 Å². The normalized spacial score (nSPS) is 22.6. The minimum atomic E-state index is -4.78. The minimum absolute atomic E-state index is 0.0778. The van der Waals surface area contributed by atoms with Gasteiger partial charge in [-0.05, 0) is 43.7 Å². The maximum absolute atomic E-state index is 14.1. The first-order valence-corrected chi connectivity index (χ1v) is 12.5. The fourth-order valence-corrected chi connectivity index (χ4v) is 4.88. The van der Waals surface area contributed by atoms with Crippen LogP contribution in [0.1, 0.15) is 43.7 Å². The first-order chi connectivity index (χ1) is 16.0. The SMILES string of the molecule is C[C@@H](CO[C@]1(C(F)(F)F)CC[C@@H](N(Cc2ccccc2)Cc2ccccc2)CC1)OS(=O)(=O)O. The molecule has 1 saturated carbocycles. The largest absolute Gasteiger partial charge is 0.417 e. The van der Waals surface area contributed by atoms with Crippen molar-refractivity contribution in [2.75, 3.05) is 6.61 Å². The Bertz CT molecular complexity index is 953. The first-order valence-electron chi connectivity index (χ1n) is 11.2. The average Bonchev–Trinajstić information content (AvgIpc) is 2.77. The standard InChI is InChI=1S/C24H30F3NO5S/c1-19(33-34(29,30)31)18-32-23(24(25,26)27)14-12-22(13-15-23)28(16-20-8-4-2-5-9-20)17-21-10-6-3-7-11-21/h2-11,19,22H,12-18H2,1H3,(H,29,30,31)/t19-,22-,23-/m0/s1. The highest BCUT2D eigenvalue weighted by Crippen LogP contribution is 2.45. The van der Waals surface area contributed by atoms with Crippen LogP contribution in [-0.4, -0.2) is 48.4 Å². The molecular weight excluding hydrogens is 471 g/mol. The second kappa shape index (κ2) is 11.2. The summed E-state index contributed by atoms with van der Waals surface area (Å²) in [5.74, 6) is 0. The Morgan fingerprint density at radius 1 is 1.00 bits per heavy atom. The van der Waals surface area contributed by atoms with Crippen LogP contribution in [0.25, 0.3) is 0 Å². The lowest BCUT2D eigenvalue weighted by atomic mass is 9.80. The van der Waals surface area contributed by atoms with E-state index < -0.39 is 34.9 Å². The maximum Gasteiger partial charge on any atom is 0.417 e. The molecule has 0 spiro atoms. The molecule has 1 atom stereocenters. The van der Waals surface area contributed by atoms with Gasteiger partial charge >= 0.3 is 16.6 Å². The molecule has 0 unspecified atom stereocenters. The highest BCUT2D eigenvalue weighted by Gasteiger charge is 2.57. The molecule has 0 radical (unpaired) electrons. The monoisotopic (exact) mass is 501 g/mol. The summed E-state index contributed by atoms with van der Waals surface area (Å²) >= 11 is 0. The van der Waals surface area contributed by atoms with Crippen molar-refractivity contribution in [3.05, 3.63) is 71.8 Å². The quantitative estimate of drug-likeness (QED) is 0.454. The lowest BCUT2D eigenvalue weighted by molar-refractivity contribution is -0.293. The van der Waals surface area contributed by atoms with E-state index in [2.05, 4.69) is 9.08 Å². The van der Waals surface area contributed by atoms with Gasteiger partial charge in [-0.2, -0.15) is 21.6 Å². The lowest BCUT2D eigenvalue weighted by Crippen LogP contribution is -2.53. The molecule has 188 valence electrons. The zero-order chi connectivity index (χ0) is 24.8. The Hall–Kier alpha value is -1.98. The molecule has 0 amide bonds. The Kier molecular flexibility index (Phi) is 8.75. The number of benzene rings is 2. The number of nitrogens with zero attached hydrogens (tertiary/aromatic N) is 1. The molecule has 0 aliphatic heterocycles. The predicted octanol–water partition coefficient (Wildman–Crippen LogP) is 5.16. The van der Waals surface area contributed by atoms with Crippen LogP contribution >= 0.6 is 0 Å². The third-order valence-corrected chi connectivity index (χ3v) is 6.70. The Labute approximate surface area is 198 Å². The van der Waals surface area contributed by atoms with E-state index in [1.54, 1.807) is 0 Å². The van der Waals surface area contributed by atoms with E-state index in [0.29, 0.717) is 13.1 Å². The van der Waals surface area contributed by atoms with Gasteiger partial charge in [0.1, 0.15) is 0 Å². The van der Waals surface area contributed by atoms with Crippen LogP contribution < -0.4 is 0 Å². The van der Waals surface area contributed by atoms with E-state index in [1.807, 2.05) is 60.7 Å². The van der Waals surface area contributed by atoms with Crippen molar-refractivity contribution in [1.29, 1.82) is 0 Å². The van der Waals surface area contributed by atoms with Gasteiger partial charge in [0, 0.05) is 19.1 Å². The van der Waals surface area contributed by atoms with E-state index in [-0.39, 0.29) is 31.7 Å². The summed E-state index contributed by atoms with van der Waals surface area (Å²) in [5.41, 5.74) is -0.219. The van der Waals surface area contributed by atoms with Crippen LogP contribution in [0, 0.1) is 0 Å². The smallest absolute Gasteiger partial charge is 0.363 e. The molecule has 0 bridgehead atoms. The summed E-state index contributed by atoms with van der Waals surface area (Å²) in [4.78, 5) is 2.20. The van der Waals surface area contributed by atoms with Crippen LogP contribution in [0.3, 0.4) is 0 Å². The number of alkyl halides is 3. The van der Waals surface area contributed by atoms with Gasteiger partial charge in [0.15, 0.2) is 5.60 Å². The number of hydrogen-bond donors (Lipinski definition) is 1. The van der Waals surface area contributed by atoms with Crippen molar-refractivity contribution in [3.8, 4) is 0 Å². The Balaban J connectivity index is 1.72. The zero-order valence-corrected chi connectivity index (χ0v) is 19.8. The molecule has 0 aromatic heterocycles. The fraction of sp³-hybridized carbons (Fsp3) is 0.500. The lowest BCUT2D eigenvalue weighted by Gasteiger charge is -2.44. The second-order valence-electron chi connectivity index (χ2n) is 8.74. The van der Waals surface area contributed by atoms with Gasteiger partial charge in [-0.3, -0.25) is 9.45 Å². The molecule has 2 aromatic carbocycles. The van der Waals surface area contributed by atoms with Crippen molar-refractivity contribution >= 4 is 10.4 Å². The van der Waals surface area contributed by atoms with Gasteiger partial charge in [-0.25, -0.2) is 4.18 Å². The summed E-state index contributed by atoms with van der Waals surface area (Å²) in [6.45, 7) is 1.84. The molecule has 3 rings (SSSR count). The molecule has 1 aliphatic carbocycles. The van der Waals surface area contributed by atoms with Crippen molar-refractivity contribution in [1.82, 2.24) is 4.90 Å². The Morgan fingerprint density at radius 3 is 1.88 bits per heavy atom. The number of hydrogen-bond acceptors (Lipinski definition) is 5. The average molecular weight is 502 g/mol. The van der Waals surface area contributed by atoms with E-state index >= 15 is 0 Å². The molecule has 6 nitrogen and oxygen atoms in total. The summed E-state index contributed by atoms with van der Waals surface area (Å²) in [6.07, 6.45) is -5.84. The molecule has 1 N–H and O–H groups in total. The van der Waals surface area contributed by atoms with E-state index in [1.165, 1.54) is 6.92 Å². The number of ether oxygens (including phenoxy) is 1. The zero-order valence-electron chi connectivity index (χ0n) is 18.9. The van der Waals surface area contributed by atoms with Crippen molar-refractivity contribution < 1.29 is 35.1 Å². The van der Waals surface area contributed by atoms with Crippen LogP contribution in [0.4, 0.5) is 13.2 Å². The highest BCUT2D eigenvalue weighted by atomic mass is 32.3.